The molecule has 0 saturated carbocycles. The predicted molar refractivity (Wildman–Crippen MR) is 105 cm³/mol. The standard InChI is InChI=1S/C22H23NO3/c1-22(2)13-12-20(23-26-3)18-14-16(8-11-19(18)22)5-4-15-6-9-17(10-7-15)21(24)25/h4-11,14H,12-13H2,1-3H3,(H,24,25)/b5-4+,23-20+. The molecule has 134 valence electrons. The second-order valence-electron chi connectivity index (χ2n) is 7.17. The van der Waals surface area contributed by atoms with Crippen molar-refractivity contribution in [2.75, 3.05) is 7.11 Å². The monoisotopic (exact) mass is 349 g/mol. The van der Waals surface area contributed by atoms with Crippen molar-refractivity contribution in [1.82, 2.24) is 0 Å². The molecule has 0 radical (unpaired) electrons. The first-order valence-electron chi connectivity index (χ1n) is 8.67. The van der Waals surface area contributed by atoms with E-state index in [9.17, 15) is 4.79 Å². The topological polar surface area (TPSA) is 58.9 Å². The molecule has 0 unspecified atom stereocenters. The highest BCUT2D eigenvalue weighted by atomic mass is 16.6. The Hall–Kier alpha value is -2.88. The van der Waals surface area contributed by atoms with Gasteiger partial charge in [-0.25, -0.2) is 4.79 Å². The summed E-state index contributed by atoms with van der Waals surface area (Å²) < 4.78 is 0. The van der Waals surface area contributed by atoms with Gasteiger partial charge in [0.15, 0.2) is 0 Å². The third kappa shape index (κ3) is 3.69. The normalized spacial score (nSPS) is 17.3. The van der Waals surface area contributed by atoms with E-state index in [1.165, 1.54) is 5.56 Å². The Kier molecular flexibility index (Phi) is 4.94. The maximum atomic E-state index is 10.9. The highest BCUT2D eigenvalue weighted by molar-refractivity contribution is 6.03. The van der Waals surface area contributed by atoms with Crippen LogP contribution < -0.4 is 0 Å². The Morgan fingerprint density at radius 1 is 1.12 bits per heavy atom. The van der Waals surface area contributed by atoms with Gasteiger partial charge in [0, 0.05) is 5.56 Å². The second kappa shape index (κ2) is 7.16. The molecule has 4 nitrogen and oxygen atoms in total. The third-order valence-electron chi connectivity index (χ3n) is 4.90. The van der Waals surface area contributed by atoms with Gasteiger partial charge in [-0.15, -0.1) is 0 Å². The fourth-order valence-corrected chi connectivity index (χ4v) is 3.33. The van der Waals surface area contributed by atoms with E-state index in [2.05, 4.69) is 37.2 Å². The van der Waals surface area contributed by atoms with Crippen LogP contribution in [0.15, 0.2) is 47.6 Å². The first-order chi connectivity index (χ1) is 12.4. The lowest BCUT2D eigenvalue weighted by atomic mass is 9.71. The summed E-state index contributed by atoms with van der Waals surface area (Å²) in [6, 6.07) is 13.3. The van der Waals surface area contributed by atoms with Gasteiger partial charge in [-0.3, -0.25) is 0 Å². The number of oxime groups is 1. The van der Waals surface area contributed by atoms with Gasteiger partial charge in [0.1, 0.15) is 7.11 Å². The molecule has 0 heterocycles. The van der Waals surface area contributed by atoms with E-state index in [1.807, 2.05) is 12.2 Å². The molecule has 2 aromatic rings. The molecular weight excluding hydrogens is 326 g/mol. The van der Waals surface area contributed by atoms with Gasteiger partial charge in [-0.1, -0.05) is 55.4 Å². The van der Waals surface area contributed by atoms with Crippen molar-refractivity contribution in [3.63, 3.8) is 0 Å². The lowest BCUT2D eigenvalue weighted by Crippen LogP contribution is -2.27. The third-order valence-corrected chi connectivity index (χ3v) is 4.90. The summed E-state index contributed by atoms with van der Waals surface area (Å²) in [7, 11) is 1.58. The molecule has 1 N–H and O–H groups in total. The molecule has 0 fully saturated rings. The Morgan fingerprint density at radius 3 is 2.42 bits per heavy atom. The maximum absolute atomic E-state index is 10.9. The SMILES string of the molecule is CO/N=C1\CCC(C)(C)c2ccc(/C=C/c3ccc(C(=O)O)cc3)cc21. The highest BCUT2D eigenvalue weighted by Gasteiger charge is 2.30. The fraction of sp³-hybridized carbons (Fsp3) is 0.273. The second-order valence-corrected chi connectivity index (χ2v) is 7.17. The molecule has 0 aromatic heterocycles. The van der Waals surface area contributed by atoms with Crippen molar-refractivity contribution >= 4 is 23.8 Å². The zero-order chi connectivity index (χ0) is 18.7. The molecule has 0 bridgehead atoms. The number of hydrogen-bond donors (Lipinski definition) is 1. The lowest BCUT2D eigenvalue weighted by molar-refractivity contribution is 0.0697. The minimum atomic E-state index is -0.914. The van der Waals surface area contributed by atoms with Crippen LogP contribution in [0.1, 0.15) is 59.3 Å². The summed E-state index contributed by atoms with van der Waals surface area (Å²) in [4.78, 5) is 16.0. The number of fused-ring (bicyclic) bond motifs is 1. The number of hydrogen-bond acceptors (Lipinski definition) is 3. The molecule has 2 aromatic carbocycles. The minimum absolute atomic E-state index is 0.122. The van der Waals surface area contributed by atoms with Crippen molar-refractivity contribution in [3.05, 3.63) is 70.3 Å². The largest absolute Gasteiger partial charge is 0.478 e. The maximum Gasteiger partial charge on any atom is 0.335 e. The zero-order valence-corrected chi connectivity index (χ0v) is 15.3. The Balaban J connectivity index is 1.91. The van der Waals surface area contributed by atoms with Gasteiger partial charge in [0.2, 0.25) is 0 Å². The number of rotatable bonds is 4. The number of carboxylic acids is 1. The van der Waals surface area contributed by atoms with Gasteiger partial charge in [-0.05, 0) is 53.1 Å². The summed E-state index contributed by atoms with van der Waals surface area (Å²) >= 11 is 0. The lowest BCUT2D eigenvalue weighted by Gasteiger charge is -2.33. The van der Waals surface area contributed by atoms with E-state index >= 15 is 0 Å². The van der Waals surface area contributed by atoms with Crippen LogP contribution in [0.5, 0.6) is 0 Å². The summed E-state index contributed by atoms with van der Waals surface area (Å²) in [5, 5.41) is 13.2. The van der Waals surface area contributed by atoms with E-state index in [1.54, 1.807) is 31.4 Å². The molecule has 3 rings (SSSR count). The van der Waals surface area contributed by atoms with Gasteiger partial charge in [-0.2, -0.15) is 0 Å². The van der Waals surface area contributed by atoms with E-state index in [-0.39, 0.29) is 5.41 Å². The number of aromatic carboxylic acids is 1. The summed E-state index contributed by atoms with van der Waals surface area (Å²) in [5.74, 6) is -0.914. The van der Waals surface area contributed by atoms with Crippen LogP contribution in [-0.2, 0) is 10.3 Å². The van der Waals surface area contributed by atoms with Crippen molar-refractivity contribution < 1.29 is 14.7 Å². The molecular formula is C22H23NO3. The van der Waals surface area contributed by atoms with Crippen LogP contribution in [0.3, 0.4) is 0 Å². The average molecular weight is 349 g/mol. The van der Waals surface area contributed by atoms with Crippen LogP contribution in [0.2, 0.25) is 0 Å². The van der Waals surface area contributed by atoms with E-state index in [0.717, 1.165) is 35.2 Å². The first kappa shape index (κ1) is 17.9. The Labute approximate surface area is 153 Å². The van der Waals surface area contributed by atoms with E-state index in [4.69, 9.17) is 9.94 Å². The molecule has 0 amide bonds. The van der Waals surface area contributed by atoms with Crippen LogP contribution in [-0.4, -0.2) is 23.9 Å². The minimum Gasteiger partial charge on any atom is -0.478 e. The van der Waals surface area contributed by atoms with Crippen LogP contribution in [0.25, 0.3) is 12.2 Å². The van der Waals surface area contributed by atoms with E-state index in [0.29, 0.717) is 5.56 Å². The molecule has 0 atom stereocenters. The van der Waals surface area contributed by atoms with E-state index < -0.39 is 5.97 Å². The molecule has 1 aliphatic carbocycles. The van der Waals surface area contributed by atoms with Gasteiger partial charge in [0.25, 0.3) is 0 Å². The molecule has 0 spiro atoms. The quantitative estimate of drug-likeness (QED) is 0.626. The van der Waals surface area contributed by atoms with Crippen LogP contribution >= 0.6 is 0 Å². The van der Waals surface area contributed by atoms with Gasteiger partial charge in [0.05, 0.1) is 11.3 Å². The van der Waals surface area contributed by atoms with Crippen molar-refractivity contribution in [2.45, 2.75) is 32.1 Å². The average Bonchev–Trinajstić information content (AvgIpc) is 2.63. The summed E-state index contributed by atoms with van der Waals surface area (Å²) in [6.07, 6.45) is 5.96. The zero-order valence-electron chi connectivity index (χ0n) is 15.3. The van der Waals surface area contributed by atoms with Crippen molar-refractivity contribution in [1.29, 1.82) is 0 Å². The summed E-state index contributed by atoms with van der Waals surface area (Å²) in [5.41, 5.74) is 5.87. The number of carbonyl (C=O) groups is 1. The van der Waals surface area contributed by atoms with Gasteiger partial charge >= 0.3 is 5.97 Å². The summed E-state index contributed by atoms with van der Waals surface area (Å²) in [6.45, 7) is 4.52. The molecule has 0 saturated heterocycles. The number of nitrogens with zero attached hydrogens (tertiary/aromatic N) is 1. The van der Waals surface area contributed by atoms with Crippen molar-refractivity contribution in [3.8, 4) is 0 Å². The number of benzene rings is 2. The molecule has 26 heavy (non-hydrogen) atoms. The van der Waals surface area contributed by atoms with Crippen molar-refractivity contribution in [2.24, 2.45) is 5.16 Å². The van der Waals surface area contributed by atoms with Crippen LogP contribution in [0.4, 0.5) is 0 Å². The first-order valence-corrected chi connectivity index (χ1v) is 8.67. The Morgan fingerprint density at radius 2 is 1.77 bits per heavy atom. The Bertz CT molecular complexity index is 877. The fourth-order valence-electron chi connectivity index (χ4n) is 3.33. The van der Waals surface area contributed by atoms with Gasteiger partial charge < -0.3 is 9.94 Å². The molecule has 4 heteroatoms. The smallest absolute Gasteiger partial charge is 0.335 e. The molecule has 1 aliphatic rings. The molecule has 0 aliphatic heterocycles. The van der Waals surface area contributed by atoms with Crippen LogP contribution in [0, 0.1) is 0 Å². The highest BCUT2D eigenvalue weighted by Crippen LogP contribution is 2.37. The predicted octanol–water partition coefficient (Wildman–Crippen LogP) is 4.98. The number of carboxylic acid groups (broad SMARTS) is 1.